The maximum atomic E-state index is 11.7. The monoisotopic (exact) mass is 294 g/mol. The van der Waals surface area contributed by atoms with E-state index in [9.17, 15) is 4.79 Å². The molecule has 0 amide bonds. The van der Waals surface area contributed by atoms with E-state index in [1.165, 1.54) is 13.1 Å². The van der Waals surface area contributed by atoms with Gasteiger partial charge in [-0.05, 0) is 18.8 Å². The van der Waals surface area contributed by atoms with Gasteiger partial charge in [0.05, 0.1) is 6.20 Å². The van der Waals surface area contributed by atoms with E-state index < -0.39 is 0 Å². The standard InChI is InChI=1S/C13H15ClN4O2/c1-8(19)11-12-13(16-10(14)6-15-12)18(17-11)7-9-2-4-20-5-3-9/h6,9H,2-5,7H2,1H3. The lowest BCUT2D eigenvalue weighted by Gasteiger charge is -2.21. The minimum Gasteiger partial charge on any atom is -0.381 e. The molecule has 3 heterocycles. The van der Waals surface area contributed by atoms with Gasteiger partial charge in [-0.2, -0.15) is 5.10 Å². The Hall–Kier alpha value is -1.53. The van der Waals surface area contributed by atoms with Crippen molar-refractivity contribution < 1.29 is 9.53 Å². The van der Waals surface area contributed by atoms with Gasteiger partial charge in [0.1, 0.15) is 10.7 Å². The second-order valence-corrected chi connectivity index (χ2v) is 5.39. The first-order valence-electron chi connectivity index (χ1n) is 6.63. The molecule has 1 aliphatic heterocycles. The number of carbonyl (C=O) groups is 1. The number of fused-ring (bicyclic) bond motifs is 1. The van der Waals surface area contributed by atoms with Crippen LogP contribution >= 0.6 is 11.6 Å². The molecule has 0 unspecified atom stereocenters. The van der Waals surface area contributed by atoms with Crippen molar-refractivity contribution in [3.8, 4) is 0 Å². The van der Waals surface area contributed by atoms with E-state index in [2.05, 4.69) is 15.1 Å². The number of aromatic nitrogens is 4. The third-order valence-electron chi connectivity index (χ3n) is 3.52. The van der Waals surface area contributed by atoms with Crippen molar-refractivity contribution in [2.24, 2.45) is 5.92 Å². The number of ether oxygens (including phenoxy) is 1. The van der Waals surface area contributed by atoms with Crippen LogP contribution in [0.25, 0.3) is 11.2 Å². The zero-order valence-electron chi connectivity index (χ0n) is 11.2. The Kier molecular flexibility index (Phi) is 3.67. The molecule has 0 spiro atoms. The van der Waals surface area contributed by atoms with Crippen molar-refractivity contribution in [1.82, 2.24) is 19.7 Å². The van der Waals surface area contributed by atoms with E-state index in [0.29, 0.717) is 34.5 Å². The Morgan fingerprint density at radius 1 is 1.50 bits per heavy atom. The largest absolute Gasteiger partial charge is 0.381 e. The predicted octanol–water partition coefficient (Wildman–Crippen LogP) is 2.11. The highest BCUT2D eigenvalue weighted by molar-refractivity contribution is 6.29. The maximum Gasteiger partial charge on any atom is 0.182 e. The van der Waals surface area contributed by atoms with E-state index >= 15 is 0 Å². The van der Waals surface area contributed by atoms with Crippen LogP contribution in [0.4, 0.5) is 0 Å². The lowest BCUT2D eigenvalue weighted by Crippen LogP contribution is -2.21. The summed E-state index contributed by atoms with van der Waals surface area (Å²) in [5, 5.41) is 4.67. The Morgan fingerprint density at radius 3 is 2.95 bits per heavy atom. The number of rotatable bonds is 3. The first kappa shape index (κ1) is 13.5. The van der Waals surface area contributed by atoms with Crippen LogP contribution in [0.1, 0.15) is 30.3 Å². The van der Waals surface area contributed by atoms with Crippen LogP contribution < -0.4 is 0 Å². The summed E-state index contributed by atoms with van der Waals surface area (Å²) in [5.41, 5.74) is 1.46. The van der Waals surface area contributed by atoms with Crippen molar-refractivity contribution in [2.45, 2.75) is 26.3 Å². The molecule has 0 aromatic carbocycles. The summed E-state index contributed by atoms with van der Waals surface area (Å²) in [6, 6.07) is 0. The summed E-state index contributed by atoms with van der Waals surface area (Å²) < 4.78 is 7.11. The number of halogens is 1. The Morgan fingerprint density at radius 2 is 2.25 bits per heavy atom. The van der Waals surface area contributed by atoms with E-state index in [1.54, 1.807) is 4.68 Å². The van der Waals surface area contributed by atoms with Gasteiger partial charge in [0.25, 0.3) is 0 Å². The van der Waals surface area contributed by atoms with Crippen LogP contribution in [-0.4, -0.2) is 38.7 Å². The molecule has 20 heavy (non-hydrogen) atoms. The topological polar surface area (TPSA) is 69.9 Å². The van der Waals surface area contributed by atoms with Crippen LogP contribution in [0.15, 0.2) is 6.20 Å². The van der Waals surface area contributed by atoms with Gasteiger partial charge in [0.2, 0.25) is 0 Å². The van der Waals surface area contributed by atoms with E-state index in [1.807, 2.05) is 0 Å². The molecule has 0 N–H and O–H groups in total. The molecule has 3 rings (SSSR count). The minimum atomic E-state index is -0.114. The highest BCUT2D eigenvalue weighted by atomic mass is 35.5. The van der Waals surface area contributed by atoms with Crippen molar-refractivity contribution >= 4 is 28.5 Å². The van der Waals surface area contributed by atoms with Crippen molar-refractivity contribution in [3.63, 3.8) is 0 Å². The second-order valence-electron chi connectivity index (χ2n) is 5.01. The summed E-state index contributed by atoms with van der Waals surface area (Å²) >= 11 is 5.90. The third-order valence-corrected chi connectivity index (χ3v) is 3.70. The fraction of sp³-hybridized carbons (Fsp3) is 0.538. The number of Topliss-reactive ketones (excluding diaryl/α,β-unsaturated/α-hetero) is 1. The third kappa shape index (κ3) is 2.53. The average Bonchev–Trinajstić information content (AvgIpc) is 2.78. The van der Waals surface area contributed by atoms with Gasteiger partial charge in [-0.1, -0.05) is 11.6 Å². The summed E-state index contributed by atoms with van der Waals surface area (Å²) in [6.45, 7) is 3.74. The quantitative estimate of drug-likeness (QED) is 0.811. The molecular weight excluding hydrogens is 280 g/mol. The van der Waals surface area contributed by atoms with Crippen molar-refractivity contribution in [2.75, 3.05) is 13.2 Å². The van der Waals surface area contributed by atoms with E-state index in [-0.39, 0.29) is 5.78 Å². The summed E-state index contributed by atoms with van der Waals surface area (Å²) in [7, 11) is 0. The SMILES string of the molecule is CC(=O)c1nn(CC2CCOCC2)c2nc(Cl)cnc12. The minimum absolute atomic E-state index is 0.114. The first-order valence-corrected chi connectivity index (χ1v) is 7.00. The van der Waals surface area contributed by atoms with Crippen LogP contribution in [0, 0.1) is 5.92 Å². The molecule has 0 aliphatic carbocycles. The van der Waals surface area contributed by atoms with Crippen LogP contribution in [0.2, 0.25) is 5.15 Å². The van der Waals surface area contributed by atoms with Gasteiger partial charge >= 0.3 is 0 Å². The maximum absolute atomic E-state index is 11.7. The normalized spacial score (nSPS) is 16.7. The molecule has 6 nitrogen and oxygen atoms in total. The van der Waals surface area contributed by atoms with Crippen LogP contribution in [0.5, 0.6) is 0 Å². The zero-order valence-corrected chi connectivity index (χ0v) is 11.9. The number of hydrogen-bond acceptors (Lipinski definition) is 5. The molecule has 106 valence electrons. The summed E-state index contributed by atoms with van der Waals surface area (Å²) in [4.78, 5) is 20.1. The molecular formula is C13H15ClN4O2. The number of ketones is 1. The molecule has 1 fully saturated rings. The molecule has 2 aromatic heterocycles. The van der Waals surface area contributed by atoms with E-state index in [4.69, 9.17) is 16.3 Å². The smallest absolute Gasteiger partial charge is 0.182 e. The fourth-order valence-electron chi connectivity index (χ4n) is 2.46. The molecule has 1 saturated heterocycles. The zero-order chi connectivity index (χ0) is 14.1. The molecule has 1 aliphatic rings. The summed E-state index contributed by atoms with van der Waals surface area (Å²) in [5.74, 6) is 0.366. The number of hydrogen-bond donors (Lipinski definition) is 0. The predicted molar refractivity (Wildman–Crippen MR) is 73.9 cm³/mol. The molecule has 0 radical (unpaired) electrons. The van der Waals surface area contributed by atoms with Gasteiger partial charge < -0.3 is 4.74 Å². The highest BCUT2D eigenvalue weighted by Gasteiger charge is 2.21. The summed E-state index contributed by atoms with van der Waals surface area (Å²) in [6.07, 6.45) is 3.42. The number of nitrogens with zero attached hydrogens (tertiary/aromatic N) is 4. The molecule has 0 bridgehead atoms. The van der Waals surface area contributed by atoms with Crippen molar-refractivity contribution in [3.05, 3.63) is 17.0 Å². The lowest BCUT2D eigenvalue weighted by molar-refractivity contribution is 0.0604. The van der Waals surface area contributed by atoms with Crippen LogP contribution in [0.3, 0.4) is 0 Å². The molecule has 7 heteroatoms. The first-order chi connectivity index (χ1) is 9.65. The van der Waals surface area contributed by atoms with Gasteiger partial charge in [-0.3, -0.25) is 4.79 Å². The highest BCUT2D eigenvalue weighted by Crippen LogP contribution is 2.22. The van der Waals surface area contributed by atoms with Gasteiger partial charge in [-0.25, -0.2) is 14.6 Å². The molecule has 2 aromatic rings. The molecule has 0 atom stereocenters. The average molecular weight is 295 g/mol. The Labute approximate surface area is 121 Å². The van der Waals surface area contributed by atoms with Gasteiger partial charge in [-0.15, -0.1) is 0 Å². The Balaban J connectivity index is 2.00. The number of carbonyl (C=O) groups excluding carboxylic acids is 1. The van der Waals surface area contributed by atoms with Gasteiger partial charge in [0.15, 0.2) is 17.1 Å². The van der Waals surface area contributed by atoms with E-state index in [0.717, 1.165) is 26.1 Å². The second kappa shape index (κ2) is 5.46. The lowest BCUT2D eigenvalue weighted by atomic mass is 10.0. The molecule has 0 saturated carbocycles. The fourth-order valence-corrected chi connectivity index (χ4v) is 2.59. The Bertz CT molecular complexity index is 649. The van der Waals surface area contributed by atoms with Gasteiger partial charge in [0, 0.05) is 26.7 Å². The van der Waals surface area contributed by atoms with Crippen molar-refractivity contribution in [1.29, 1.82) is 0 Å². The van der Waals surface area contributed by atoms with Crippen LogP contribution in [-0.2, 0) is 11.3 Å².